The van der Waals surface area contributed by atoms with Crippen LogP contribution in [0.15, 0.2) is 97.6 Å². The normalized spacial score (nSPS) is 15.2. The van der Waals surface area contributed by atoms with E-state index >= 15 is 0 Å². The SMILES string of the molecule is C=CC(=O)OC(CCCCCC)Oc1ccc(-c2ccc(OC(=O)c3ccc(OC(CCCCCC)C4CC(=C)C(=O)O4)cc3)cc2)cc1. The minimum absolute atomic E-state index is 0.292. The van der Waals surface area contributed by atoms with Crippen LogP contribution in [0.4, 0.5) is 0 Å². The highest BCUT2D eigenvalue weighted by Crippen LogP contribution is 2.29. The maximum absolute atomic E-state index is 12.9. The molecule has 3 atom stereocenters. The minimum atomic E-state index is -0.678. The molecule has 260 valence electrons. The quantitative estimate of drug-likeness (QED) is 0.0386. The summed E-state index contributed by atoms with van der Waals surface area (Å²) in [6.07, 6.45) is 10.1. The average molecular weight is 669 g/mol. The zero-order valence-corrected chi connectivity index (χ0v) is 28.7. The Balaban J connectivity index is 1.31. The lowest BCUT2D eigenvalue weighted by Crippen LogP contribution is -2.31. The van der Waals surface area contributed by atoms with E-state index in [0.29, 0.717) is 41.2 Å². The van der Waals surface area contributed by atoms with Gasteiger partial charge in [0.2, 0.25) is 6.29 Å². The lowest BCUT2D eigenvalue weighted by atomic mass is 10.0. The van der Waals surface area contributed by atoms with E-state index in [2.05, 4.69) is 27.0 Å². The van der Waals surface area contributed by atoms with Gasteiger partial charge in [-0.1, -0.05) is 89.8 Å². The van der Waals surface area contributed by atoms with Gasteiger partial charge < -0.3 is 23.7 Å². The fourth-order valence-corrected chi connectivity index (χ4v) is 5.55. The average Bonchev–Trinajstić information content (AvgIpc) is 3.46. The van der Waals surface area contributed by atoms with Crippen molar-refractivity contribution in [2.75, 3.05) is 0 Å². The molecule has 0 aliphatic carbocycles. The molecule has 0 radical (unpaired) electrons. The molecule has 1 heterocycles. The second-order valence-corrected chi connectivity index (χ2v) is 12.3. The fourth-order valence-electron chi connectivity index (χ4n) is 5.55. The highest BCUT2D eigenvalue weighted by molar-refractivity contribution is 5.91. The Bertz CT molecular complexity index is 1510. The van der Waals surface area contributed by atoms with Crippen molar-refractivity contribution in [1.82, 2.24) is 0 Å². The Morgan fingerprint density at radius 3 is 1.88 bits per heavy atom. The molecule has 0 spiro atoms. The van der Waals surface area contributed by atoms with Crippen molar-refractivity contribution in [1.29, 1.82) is 0 Å². The Morgan fingerprint density at radius 1 is 0.776 bits per heavy atom. The second kappa shape index (κ2) is 19.2. The summed E-state index contributed by atoms with van der Waals surface area (Å²) in [6.45, 7) is 11.6. The summed E-state index contributed by atoms with van der Waals surface area (Å²) in [5.74, 6) is 0.235. The summed E-state index contributed by atoms with van der Waals surface area (Å²) in [4.78, 5) is 36.7. The molecule has 0 N–H and O–H groups in total. The first kappa shape index (κ1) is 37.0. The number of cyclic esters (lactones) is 1. The highest BCUT2D eigenvalue weighted by Gasteiger charge is 2.35. The van der Waals surface area contributed by atoms with Crippen LogP contribution in [0.1, 0.15) is 94.8 Å². The van der Waals surface area contributed by atoms with Crippen molar-refractivity contribution in [3.8, 4) is 28.4 Å². The number of esters is 3. The predicted octanol–water partition coefficient (Wildman–Crippen LogP) is 9.57. The molecule has 8 nitrogen and oxygen atoms in total. The molecule has 3 aromatic rings. The van der Waals surface area contributed by atoms with Crippen LogP contribution in [0.25, 0.3) is 11.1 Å². The minimum Gasteiger partial charge on any atom is -0.487 e. The molecule has 1 saturated heterocycles. The van der Waals surface area contributed by atoms with Crippen LogP contribution in [0, 0.1) is 0 Å². The summed E-state index contributed by atoms with van der Waals surface area (Å²) in [6, 6.07) is 21.6. The van der Waals surface area contributed by atoms with Crippen LogP contribution in [0.2, 0.25) is 0 Å². The molecule has 3 unspecified atom stereocenters. The van der Waals surface area contributed by atoms with Crippen LogP contribution < -0.4 is 14.2 Å². The van der Waals surface area contributed by atoms with Gasteiger partial charge in [-0.05, 0) is 78.9 Å². The summed E-state index contributed by atoms with van der Waals surface area (Å²) in [5.41, 5.74) is 2.73. The number of hydrogen-bond donors (Lipinski definition) is 0. The first-order valence-corrected chi connectivity index (χ1v) is 17.4. The molecular weight excluding hydrogens is 620 g/mol. The third-order valence-electron chi connectivity index (χ3n) is 8.36. The number of hydrogen-bond acceptors (Lipinski definition) is 8. The van der Waals surface area contributed by atoms with Gasteiger partial charge in [-0.15, -0.1) is 0 Å². The van der Waals surface area contributed by atoms with Gasteiger partial charge >= 0.3 is 17.9 Å². The van der Waals surface area contributed by atoms with Gasteiger partial charge in [0, 0.05) is 24.5 Å². The molecule has 3 aromatic carbocycles. The Kier molecular flexibility index (Phi) is 14.5. The summed E-state index contributed by atoms with van der Waals surface area (Å²) >= 11 is 0. The van der Waals surface area contributed by atoms with Crippen molar-refractivity contribution < 1.29 is 38.1 Å². The van der Waals surface area contributed by atoms with Gasteiger partial charge in [-0.2, -0.15) is 0 Å². The number of benzene rings is 3. The first-order chi connectivity index (χ1) is 23.8. The van der Waals surface area contributed by atoms with Gasteiger partial charge in [0.1, 0.15) is 29.5 Å². The van der Waals surface area contributed by atoms with Crippen molar-refractivity contribution in [2.45, 2.75) is 103 Å². The summed E-state index contributed by atoms with van der Waals surface area (Å²) in [7, 11) is 0. The Labute approximate surface area is 290 Å². The summed E-state index contributed by atoms with van der Waals surface area (Å²) < 4.78 is 28.8. The molecule has 49 heavy (non-hydrogen) atoms. The van der Waals surface area contributed by atoms with Gasteiger partial charge in [0.25, 0.3) is 0 Å². The van der Waals surface area contributed by atoms with Crippen LogP contribution in [0.5, 0.6) is 17.2 Å². The van der Waals surface area contributed by atoms with Crippen molar-refractivity contribution >= 4 is 17.9 Å². The predicted molar refractivity (Wildman–Crippen MR) is 190 cm³/mol. The molecule has 1 aliphatic heterocycles. The molecule has 0 bridgehead atoms. The fraction of sp³-hybridized carbons (Fsp3) is 0.390. The monoisotopic (exact) mass is 668 g/mol. The molecule has 0 saturated carbocycles. The smallest absolute Gasteiger partial charge is 0.343 e. The van der Waals surface area contributed by atoms with Crippen LogP contribution in [0.3, 0.4) is 0 Å². The molecule has 0 aromatic heterocycles. The van der Waals surface area contributed by atoms with E-state index in [-0.39, 0.29) is 18.2 Å². The van der Waals surface area contributed by atoms with Gasteiger partial charge in [-0.25, -0.2) is 14.4 Å². The van der Waals surface area contributed by atoms with E-state index in [1.807, 2.05) is 36.4 Å². The van der Waals surface area contributed by atoms with E-state index in [0.717, 1.165) is 75.0 Å². The molecule has 1 aliphatic rings. The highest BCUT2D eigenvalue weighted by atomic mass is 16.7. The van der Waals surface area contributed by atoms with Crippen LogP contribution >= 0.6 is 0 Å². The lowest BCUT2D eigenvalue weighted by Gasteiger charge is -2.24. The maximum Gasteiger partial charge on any atom is 0.343 e. The molecule has 8 heteroatoms. The standard InChI is InChI=1S/C41H48O8/c1-5-8-10-12-14-36(37-28-29(4)40(43)48-37)45-33-26-20-32(21-27-33)41(44)47-35-24-18-31(19-25-35)30-16-22-34(23-17-30)46-39(49-38(42)7-3)15-13-11-9-6-2/h7,16-27,36-37,39H,3-6,8-15,28H2,1-2H3. The third kappa shape index (κ3) is 11.7. The third-order valence-corrected chi connectivity index (χ3v) is 8.36. The molecular formula is C41H48O8. The van der Waals surface area contributed by atoms with Gasteiger partial charge in [-0.3, -0.25) is 0 Å². The van der Waals surface area contributed by atoms with E-state index in [4.69, 9.17) is 23.7 Å². The van der Waals surface area contributed by atoms with Gasteiger partial charge in [0.05, 0.1) is 5.56 Å². The van der Waals surface area contributed by atoms with Crippen LogP contribution in [-0.4, -0.2) is 36.4 Å². The molecule has 4 rings (SSSR count). The van der Waals surface area contributed by atoms with Crippen molar-refractivity contribution in [3.05, 3.63) is 103 Å². The Hall–Kier alpha value is -4.85. The zero-order chi connectivity index (χ0) is 35.0. The largest absolute Gasteiger partial charge is 0.487 e. The zero-order valence-electron chi connectivity index (χ0n) is 28.7. The molecule has 0 amide bonds. The van der Waals surface area contributed by atoms with Gasteiger partial charge in [0.15, 0.2) is 0 Å². The van der Waals surface area contributed by atoms with E-state index in [1.54, 1.807) is 36.4 Å². The number of rotatable bonds is 20. The first-order valence-electron chi connectivity index (χ1n) is 17.4. The van der Waals surface area contributed by atoms with E-state index in [9.17, 15) is 14.4 Å². The molecule has 1 fully saturated rings. The van der Waals surface area contributed by atoms with Crippen LogP contribution in [-0.2, 0) is 19.1 Å². The Morgan fingerprint density at radius 2 is 1.33 bits per heavy atom. The second-order valence-electron chi connectivity index (χ2n) is 12.3. The summed E-state index contributed by atoms with van der Waals surface area (Å²) in [5, 5.41) is 0. The van der Waals surface area contributed by atoms with Crippen molar-refractivity contribution in [3.63, 3.8) is 0 Å². The number of ether oxygens (including phenoxy) is 5. The lowest BCUT2D eigenvalue weighted by molar-refractivity contribution is -0.158. The van der Waals surface area contributed by atoms with E-state index < -0.39 is 18.2 Å². The topological polar surface area (TPSA) is 97.4 Å². The van der Waals surface area contributed by atoms with Crippen molar-refractivity contribution in [2.24, 2.45) is 0 Å². The maximum atomic E-state index is 12.9. The number of unbranched alkanes of at least 4 members (excludes halogenated alkanes) is 6. The number of carbonyl (C=O) groups excluding carboxylic acids is 3. The van der Waals surface area contributed by atoms with E-state index in [1.165, 1.54) is 0 Å². The number of carbonyl (C=O) groups is 3.